The lowest BCUT2D eigenvalue weighted by Crippen LogP contribution is -2.37. The van der Waals surface area contributed by atoms with Crippen molar-refractivity contribution in [1.82, 2.24) is 4.90 Å². The molecule has 0 amide bonds. The Hall–Kier alpha value is -2.61. The molecule has 1 aliphatic rings. The molecule has 0 spiro atoms. The molecule has 0 bridgehead atoms. The van der Waals surface area contributed by atoms with Crippen molar-refractivity contribution in [2.75, 3.05) is 13.1 Å². The number of ether oxygens (including phenoxy) is 1. The van der Waals surface area contributed by atoms with E-state index in [-0.39, 0.29) is 6.10 Å². The molecule has 0 N–H and O–H groups in total. The first kappa shape index (κ1) is 17.8. The van der Waals surface area contributed by atoms with E-state index in [1.165, 1.54) is 11.1 Å². The maximum Gasteiger partial charge on any atom is 0.119 e. The highest BCUT2D eigenvalue weighted by Crippen LogP contribution is 2.26. The summed E-state index contributed by atoms with van der Waals surface area (Å²) in [6.07, 6.45) is 2.29. The first-order chi connectivity index (χ1) is 13.3. The summed E-state index contributed by atoms with van der Waals surface area (Å²) < 4.78 is 6.19. The van der Waals surface area contributed by atoms with E-state index in [0.29, 0.717) is 0 Å². The minimum atomic E-state index is 0.263. The van der Waals surface area contributed by atoms with Gasteiger partial charge in [0.25, 0.3) is 0 Å². The quantitative estimate of drug-likeness (QED) is 0.605. The van der Waals surface area contributed by atoms with Gasteiger partial charge in [0.1, 0.15) is 11.9 Å². The van der Waals surface area contributed by atoms with Gasteiger partial charge in [-0.25, -0.2) is 0 Å². The molecule has 3 aromatic rings. The van der Waals surface area contributed by atoms with Crippen molar-refractivity contribution in [3.8, 4) is 22.9 Å². The van der Waals surface area contributed by atoms with Crippen molar-refractivity contribution in [3.05, 3.63) is 76.5 Å². The number of thiophene rings is 1. The van der Waals surface area contributed by atoms with Gasteiger partial charge in [0.15, 0.2) is 0 Å². The summed E-state index contributed by atoms with van der Waals surface area (Å²) in [6.45, 7) is 2.83. The molecule has 2 aromatic carbocycles. The van der Waals surface area contributed by atoms with Crippen LogP contribution in [-0.2, 0) is 6.54 Å². The molecule has 0 aliphatic carbocycles. The molecule has 1 saturated heterocycles. The molecule has 136 valence electrons. The summed E-state index contributed by atoms with van der Waals surface area (Å²) in [5.74, 6) is 0.947. The zero-order valence-corrected chi connectivity index (χ0v) is 16.0. The average Bonchev–Trinajstić information content (AvgIpc) is 3.25. The molecule has 0 radical (unpaired) electrons. The Morgan fingerprint density at radius 2 is 1.78 bits per heavy atom. The number of likely N-dealkylation sites (tertiary alicyclic amines) is 1. The summed E-state index contributed by atoms with van der Waals surface area (Å²) in [4.78, 5) is 2.41. The van der Waals surface area contributed by atoms with Crippen LogP contribution in [-0.4, -0.2) is 24.1 Å². The first-order valence-electron chi connectivity index (χ1n) is 9.31. The highest BCUT2D eigenvalue weighted by molar-refractivity contribution is 7.08. The molecule has 1 aliphatic heterocycles. The fourth-order valence-electron chi connectivity index (χ4n) is 3.54. The maximum atomic E-state index is 9.25. The third-order valence-corrected chi connectivity index (χ3v) is 5.76. The Kier molecular flexibility index (Phi) is 5.53. The molecule has 4 rings (SSSR count). The van der Waals surface area contributed by atoms with Crippen LogP contribution in [0, 0.1) is 11.3 Å². The number of hydrogen-bond donors (Lipinski definition) is 0. The highest BCUT2D eigenvalue weighted by Gasteiger charge is 2.21. The average molecular weight is 375 g/mol. The normalized spacial score (nSPS) is 15.4. The Balaban J connectivity index is 1.30. The number of benzene rings is 2. The summed E-state index contributed by atoms with van der Waals surface area (Å²) in [7, 11) is 0. The Morgan fingerprint density at radius 1 is 1.00 bits per heavy atom. The molecule has 4 heteroatoms. The summed E-state index contributed by atoms with van der Waals surface area (Å²) in [6, 6.07) is 20.7. The van der Waals surface area contributed by atoms with Gasteiger partial charge >= 0.3 is 0 Å². The van der Waals surface area contributed by atoms with Crippen molar-refractivity contribution < 1.29 is 4.74 Å². The zero-order chi connectivity index (χ0) is 18.5. The van der Waals surface area contributed by atoms with Gasteiger partial charge in [-0.2, -0.15) is 16.6 Å². The van der Waals surface area contributed by atoms with Gasteiger partial charge < -0.3 is 4.74 Å². The zero-order valence-electron chi connectivity index (χ0n) is 15.2. The molecule has 1 aromatic heterocycles. The van der Waals surface area contributed by atoms with Crippen molar-refractivity contribution in [3.63, 3.8) is 0 Å². The third-order valence-electron chi connectivity index (χ3n) is 5.08. The molecule has 0 atom stereocenters. The van der Waals surface area contributed by atoms with Crippen LogP contribution in [0.5, 0.6) is 5.75 Å². The third kappa shape index (κ3) is 4.39. The van der Waals surface area contributed by atoms with Crippen molar-refractivity contribution in [1.29, 1.82) is 5.26 Å². The molecule has 3 nitrogen and oxygen atoms in total. The summed E-state index contributed by atoms with van der Waals surface area (Å²) in [5.41, 5.74) is 4.39. The topological polar surface area (TPSA) is 36.3 Å². The van der Waals surface area contributed by atoms with Crippen molar-refractivity contribution in [2.24, 2.45) is 0 Å². The standard InChI is InChI=1S/C23H22N2OS/c24-15-19-3-1-2-4-20(19)16-25-12-9-23(10-13-25)26-22-7-5-18(6-8-22)21-11-14-27-17-21/h1-8,11,14,17,23H,9-10,12-13,16H2. The first-order valence-corrected chi connectivity index (χ1v) is 10.3. The second kappa shape index (κ2) is 8.39. The largest absolute Gasteiger partial charge is 0.490 e. The molecule has 1 fully saturated rings. The van der Waals surface area contributed by atoms with Crippen LogP contribution in [0.15, 0.2) is 65.4 Å². The molecule has 27 heavy (non-hydrogen) atoms. The van der Waals surface area contributed by atoms with E-state index >= 15 is 0 Å². The maximum absolute atomic E-state index is 9.25. The van der Waals surface area contributed by atoms with Crippen LogP contribution < -0.4 is 4.74 Å². The number of hydrogen-bond acceptors (Lipinski definition) is 4. The lowest BCUT2D eigenvalue weighted by atomic mass is 10.0. The SMILES string of the molecule is N#Cc1ccccc1CN1CCC(Oc2ccc(-c3ccsc3)cc2)CC1. The minimum Gasteiger partial charge on any atom is -0.490 e. The van der Waals surface area contributed by atoms with Crippen molar-refractivity contribution >= 4 is 11.3 Å². The van der Waals surface area contributed by atoms with E-state index < -0.39 is 0 Å². The van der Waals surface area contributed by atoms with Crippen LogP contribution in [0.3, 0.4) is 0 Å². The predicted molar refractivity (Wildman–Crippen MR) is 110 cm³/mol. The molecular formula is C23H22N2OS. The summed E-state index contributed by atoms with van der Waals surface area (Å²) in [5, 5.41) is 13.5. The van der Waals surface area contributed by atoms with E-state index in [1.54, 1.807) is 11.3 Å². The van der Waals surface area contributed by atoms with Gasteiger partial charge in [0.05, 0.1) is 11.6 Å². The van der Waals surface area contributed by atoms with Crippen LogP contribution in [0.2, 0.25) is 0 Å². The molecule has 0 unspecified atom stereocenters. The lowest BCUT2D eigenvalue weighted by Gasteiger charge is -2.32. The van der Waals surface area contributed by atoms with Gasteiger partial charge in [-0.3, -0.25) is 4.90 Å². The fraction of sp³-hybridized carbons (Fsp3) is 0.261. The lowest BCUT2D eigenvalue weighted by molar-refractivity contribution is 0.0968. The molecular weight excluding hydrogens is 352 g/mol. The Bertz CT molecular complexity index is 904. The number of rotatable bonds is 5. The van der Waals surface area contributed by atoms with Crippen LogP contribution in [0.1, 0.15) is 24.0 Å². The van der Waals surface area contributed by atoms with E-state index in [2.05, 4.69) is 58.1 Å². The van der Waals surface area contributed by atoms with Gasteiger partial charge in [-0.1, -0.05) is 30.3 Å². The smallest absolute Gasteiger partial charge is 0.119 e. The Morgan fingerprint density at radius 3 is 2.48 bits per heavy atom. The molecule has 0 saturated carbocycles. The van der Waals surface area contributed by atoms with E-state index in [0.717, 1.165) is 49.4 Å². The monoisotopic (exact) mass is 374 g/mol. The highest BCUT2D eigenvalue weighted by atomic mass is 32.1. The van der Waals surface area contributed by atoms with E-state index in [1.807, 2.05) is 18.2 Å². The predicted octanol–water partition coefficient (Wildman–Crippen LogP) is 5.33. The second-order valence-corrected chi connectivity index (χ2v) is 7.68. The van der Waals surface area contributed by atoms with E-state index in [4.69, 9.17) is 4.74 Å². The van der Waals surface area contributed by atoms with Gasteiger partial charge in [-0.05, 0) is 64.6 Å². The van der Waals surface area contributed by atoms with Gasteiger partial charge in [0, 0.05) is 19.6 Å². The minimum absolute atomic E-state index is 0.263. The second-order valence-electron chi connectivity index (χ2n) is 6.90. The number of nitriles is 1. The van der Waals surface area contributed by atoms with Crippen LogP contribution in [0.4, 0.5) is 0 Å². The van der Waals surface area contributed by atoms with Gasteiger partial charge in [0.2, 0.25) is 0 Å². The Labute approximate surface area is 164 Å². The van der Waals surface area contributed by atoms with E-state index in [9.17, 15) is 5.26 Å². The van der Waals surface area contributed by atoms with Crippen molar-refractivity contribution in [2.45, 2.75) is 25.5 Å². The van der Waals surface area contributed by atoms with Gasteiger partial charge in [-0.15, -0.1) is 0 Å². The number of nitrogens with zero attached hydrogens (tertiary/aromatic N) is 2. The van der Waals surface area contributed by atoms with Crippen LogP contribution in [0.25, 0.3) is 11.1 Å². The number of piperidine rings is 1. The molecule has 2 heterocycles. The van der Waals surface area contributed by atoms with Crippen LogP contribution >= 0.6 is 11.3 Å². The summed E-state index contributed by atoms with van der Waals surface area (Å²) >= 11 is 1.72. The fourth-order valence-corrected chi connectivity index (χ4v) is 4.21.